The van der Waals surface area contributed by atoms with Crippen LogP contribution in [0.15, 0.2) is 0 Å². The van der Waals surface area contributed by atoms with E-state index < -0.39 is 10.0 Å². The van der Waals surface area contributed by atoms with Gasteiger partial charge in [0.25, 0.3) is 0 Å². The van der Waals surface area contributed by atoms with Crippen LogP contribution in [-0.2, 0) is 10.0 Å². The summed E-state index contributed by atoms with van der Waals surface area (Å²) in [4.78, 5) is 0. The van der Waals surface area contributed by atoms with Crippen LogP contribution in [0.5, 0.6) is 0 Å². The zero-order chi connectivity index (χ0) is 19.0. The zero-order valence-corrected chi connectivity index (χ0v) is 17.7. The van der Waals surface area contributed by atoms with Crippen molar-refractivity contribution in [2.75, 3.05) is 18.8 Å². The molecule has 5 nitrogen and oxygen atoms in total. The number of sulfonamides is 1. The van der Waals surface area contributed by atoms with Crippen LogP contribution in [0.4, 0.5) is 0 Å². The first-order valence-corrected chi connectivity index (χ1v) is 11.5. The highest BCUT2D eigenvalue weighted by molar-refractivity contribution is 7.89. The SMILES string of the molecule is CC(=N)CCCC(C)C.CC(C)CCCS(=O)(=O)N1C[C@H]2C[C@@H]1CN2. The lowest BCUT2D eigenvalue weighted by Gasteiger charge is -2.26. The van der Waals surface area contributed by atoms with E-state index in [1.807, 2.05) is 6.92 Å². The van der Waals surface area contributed by atoms with Crippen LogP contribution in [0.3, 0.4) is 0 Å². The molecular weight excluding hydrogens is 334 g/mol. The van der Waals surface area contributed by atoms with Crippen molar-refractivity contribution in [1.29, 1.82) is 5.41 Å². The molecule has 0 aromatic heterocycles. The molecule has 2 atom stereocenters. The van der Waals surface area contributed by atoms with Crippen LogP contribution < -0.4 is 5.32 Å². The Morgan fingerprint density at radius 2 is 1.76 bits per heavy atom. The molecule has 0 aromatic carbocycles. The van der Waals surface area contributed by atoms with Crippen LogP contribution >= 0.6 is 0 Å². The van der Waals surface area contributed by atoms with Gasteiger partial charge >= 0.3 is 0 Å². The summed E-state index contributed by atoms with van der Waals surface area (Å²) in [6, 6.07) is 0.638. The summed E-state index contributed by atoms with van der Waals surface area (Å²) < 4.78 is 25.9. The number of rotatable bonds is 9. The van der Waals surface area contributed by atoms with Crippen molar-refractivity contribution < 1.29 is 8.42 Å². The summed E-state index contributed by atoms with van der Waals surface area (Å²) >= 11 is 0. The van der Waals surface area contributed by atoms with Gasteiger partial charge in [-0.05, 0) is 50.9 Å². The Hall–Kier alpha value is -0.460. The van der Waals surface area contributed by atoms with Gasteiger partial charge in [0.15, 0.2) is 0 Å². The van der Waals surface area contributed by atoms with Crippen molar-refractivity contribution in [1.82, 2.24) is 9.62 Å². The molecule has 0 saturated carbocycles. The third-order valence-corrected chi connectivity index (χ3v) is 6.85. The third-order valence-electron chi connectivity index (χ3n) is 4.88. The summed E-state index contributed by atoms with van der Waals surface area (Å²) in [5, 5.41) is 10.5. The maximum atomic E-state index is 12.1. The number of hydrogen-bond acceptors (Lipinski definition) is 4. The fourth-order valence-electron chi connectivity index (χ4n) is 3.43. The Morgan fingerprint density at radius 3 is 2.20 bits per heavy atom. The first-order chi connectivity index (χ1) is 11.6. The van der Waals surface area contributed by atoms with E-state index >= 15 is 0 Å². The van der Waals surface area contributed by atoms with Crippen LogP contribution in [0.1, 0.15) is 73.1 Å². The molecule has 2 saturated heterocycles. The Morgan fingerprint density at radius 1 is 1.16 bits per heavy atom. The molecule has 2 bridgehead atoms. The van der Waals surface area contributed by atoms with E-state index in [2.05, 4.69) is 33.0 Å². The largest absolute Gasteiger partial charge is 0.311 e. The molecule has 25 heavy (non-hydrogen) atoms. The number of fused-ring (bicyclic) bond motifs is 2. The molecule has 2 rings (SSSR count). The molecule has 0 spiro atoms. The predicted octanol–water partition coefficient (Wildman–Crippen LogP) is 3.65. The fraction of sp³-hybridized carbons (Fsp3) is 0.947. The lowest BCUT2D eigenvalue weighted by molar-refractivity contribution is 0.348. The molecular formula is C19H39N3O2S. The minimum absolute atomic E-state index is 0.231. The Balaban J connectivity index is 0.000000299. The van der Waals surface area contributed by atoms with Gasteiger partial charge in [0, 0.05) is 30.9 Å². The second kappa shape index (κ2) is 10.6. The van der Waals surface area contributed by atoms with Gasteiger partial charge in [-0.1, -0.05) is 34.1 Å². The minimum atomic E-state index is -2.99. The zero-order valence-electron chi connectivity index (χ0n) is 16.8. The van der Waals surface area contributed by atoms with Gasteiger partial charge in [0.05, 0.1) is 5.75 Å². The highest BCUT2D eigenvalue weighted by atomic mass is 32.2. The van der Waals surface area contributed by atoms with Crippen LogP contribution in [0.25, 0.3) is 0 Å². The highest BCUT2D eigenvalue weighted by Gasteiger charge is 2.43. The van der Waals surface area contributed by atoms with Gasteiger partial charge in [-0.3, -0.25) is 0 Å². The van der Waals surface area contributed by atoms with Crippen LogP contribution in [0.2, 0.25) is 0 Å². The predicted molar refractivity (Wildman–Crippen MR) is 107 cm³/mol. The quantitative estimate of drug-likeness (QED) is 0.606. The van der Waals surface area contributed by atoms with Crippen LogP contribution in [-0.4, -0.2) is 49.4 Å². The lowest BCUT2D eigenvalue weighted by atomic mass is 10.1. The van der Waals surface area contributed by atoms with Gasteiger partial charge < -0.3 is 10.7 Å². The van der Waals surface area contributed by atoms with Gasteiger partial charge in [0.1, 0.15) is 0 Å². The van der Waals surface area contributed by atoms with Crippen LogP contribution in [0, 0.1) is 17.2 Å². The second-order valence-corrected chi connectivity index (χ2v) is 10.5. The number of hydrogen-bond donors (Lipinski definition) is 2. The van der Waals surface area contributed by atoms with E-state index in [1.54, 1.807) is 4.31 Å². The second-order valence-electron chi connectivity index (χ2n) is 8.48. The molecule has 0 aliphatic carbocycles. The monoisotopic (exact) mass is 373 g/mol. The number of nitrogens with zero attached hydrogens (tertiary/aromatic N) is 1. The Labute approximate surface area is 155 Å². The molecule has 0 aromatic rings. The summed E-state index contributed by atoms with van der Waals surface area (Å²) in [5.74, 6) is 1.71. The molecule has 2 aliphatic rings. The number of piperazine rings is 1. The molecule has 0 amide bonds. The van der Waals surface area contributed by atoms with Gasteiger partial charge in [-0.2, -0.15) is 4.31 Å². The van der Waals surface area contributed by atoms with Gasteiger partial charge in [-0.15, -0.1) is 0 Å². The van der Waals surface area contributed by atoms with Crippen molar-refractivity contribution in [3.05, 3.63) is 0 Å². The molecule has 2 N–H and O–H groups in total. The maximum absolute atomic E-state index is 12.1. The van der Waals surface area contributed by atoms with Gasteiger partial charge in [-0.25, -0.2) is 8.42 Å². The summed E-state index contributed by atoms with van der Waals surface area (Å²) in [6.07, 6.45) is 6.23. The minimum Gasteiger partial charge on any atom is -0.311 e. The topological polar surface area (TPSA) is 73.3 Å². The van der Waals surface area contributed by atoms with E-state index in [9.17, 15) is 8.42 Å². The molecule has 0 radical (unpaired) electrons. The Bertz CT molecular complexity index is 503. The first kappa shape index (κ1) is 22.6. The molecule has 2 fully saturated rings. The third kappa shape index (κ3) is 8.65. The van der Waals surface area contributed by atoms with E-state index in [-0.39, 0.29) is 6.04 Å². The van der Waals surface area contributed by atoms with E-state index in [0.29, 0.717) is 24.3 Å². The Kier molecular flexibility index (Phi) is 9.60. The van der Waals surface area contributed by atoms with Crippen molar-refractivity contribution in [3.63, 3.8) is 0 Å². The maximum Gasteiger partial charge on any atom is 0.214 e. The molecule has 2 heterocycles. The van der Waals surface area contributed by atoms with E-state index in [4.69, 9.17) is 5.41 Å². The summed E-state index contributed by atoms with van der Waals surface area (Å²) in [7, 11) is -2.99. The first-order valence-electron chi connectivity index (χ1n) is 9.88. The fourth-order valence-corrected chi connectivity index (χ4v) is 5.22. The van der Waals surface area contributed by atoms with Gasteiger partial charge in [0.2, 0.25) is 10.0 Å². The van der Waals surface area contributed by atoms with E-state index in [0.717, 1.165) is 43.9 Å². The standard InChI is InChI=1S/C11H22N2O2S.C8H17N/c1-9(2)4-3-5-16(14,15)13-8-10-6-11(13)7-12-10;1-7(2)5-4-6-8(3)9/h9-12H,3-8H2,1-2H3;7,9H,4-6H2,1-3H3/t10-,11-;/m1./s1. The molecule has 0 unspecified atom stereocenters. The van der Waals surface area contributed by atoms with E-state index in [1.165, 1.54) is 12.8 Å². The molecule has 148 valence electrons. The average Bonchev–Trinajstić information content (AvgIpc) is 3.09. The van der Waals surface area contributed by atoms with Crippen molar-refractivity contribution in [2.45, 2.75) is 85.2 Å². The average molecular weight is 374 g/mol. The lowest BCUT2D eigenvalue weighted by Crippen LogP contribution is -2.47. The number of nitrogens with one attached hydrogen (secondary N) is 2. The summed E-state index contributed by atoms with van der Waals surface area (Å²) in [6.45, 7) is 12.1. The smallest absolute Gasteiger partial charge is 0.214 e. The normalized spacial score (nSPS) is 23.2. The highest BCUT2D eigenvalue weighted by Crippen LogP contribution is 2.26. The van der Waals surface area contributed by atoms with Crippen molar-refractivity contribution in [2.24, 2.45) is 11.8 Å². The van der Waals surface area contributed by atoms with Crippen molar-refractivity contribution in [3.8, 4) is 0 Å². The van der Waals surface area contributed by atoms with Crippen molar-refractivity contribution >= 4 is 15.7 Å². The molecule has 6 heteroatoms. The summed E-state index contributed by atoms with van der Waals surface area (Å²) in [5.41, 5.74) is 0.815. The molecule has 2 aliphatic heterocycles.